The van der Waals surface area contributed by atoms with E-state index in [2.05, 4.69) is 9.97 Å². The Hall–Kier alpha value is -3.28. The van der Waals surface area contributed by atoms with Crippen LogP contribution < -0.4 is 8.02 Å². The average Bonchev–Trinajstić information content (AvgIpc) is 3.00. The zero-order chi connectivity index (χ0) is 23.5. The van der Waals surface area contributed by atoms with Crippen LogP contribution in [0.4, 0.5) is 21.5 Å². The molecule has 0 N–H and O–H groups in total. The third-order valence-corrected chi connectivity index (χ3v) is 8.93. The van der Waals surface area contributed by atoms with E-state index < -0.39 is 26.0 Å². The molecule has 0 fully saturated rings. The minimum Gasteiger partial charge on any atom is -0.262 e. The van der Waals surface area contributed by atoms with Crippen LogP contribution in [0.5, 0.6) is 0 Å². The van der Waals surface area contributed by atoms with Crippen LogP contribution in [0.1, 0.15) is 0 Å². The Morgan fingerprint density at radius 1 is 1.00 bits per heavy atom. The van der Waals surface area contributed by atoms with E-state index >= 15 is 0 Å². The van der Waals surface area contributed by atoms with Crippen LogP contribution >= 0.6 is 11.6 Å². The lowest BCUT2D eigenvalue weighted by Gasteiger charge is -2.22. The standard InChI is InChI=1S/C21H14ClFN4O4S2/c1-32(28,29)27-21-12-24-9-8-19(21)26(33(27,30)31)20-11-18(15-10-13(22)6-7-16(15)23)25-17-5-3-2-4-14(17)20/h2-12H,1H3. The molecule has 168 valence electrons. The van der Waals surface area contributed by atoms with Gasteiger partial charge in [0.15, 0.2) is 0 Å². The molecule has 5 rings (SSSR count). The summed E-state index contributed by atoms with van der Waals surface area (Å²) in [6.45, 7) is 0. The maximum absolute atomic E-state index is 14.6. The molecule has 0 aliphatic carbocycles. The monoisotopic (exact) mass is 504 g/mol. The van der Waals surface area contributed by atoms with E-state index in [-0.39, 0.29) is 33.3 Å². The van der Waals surface area contributed by atoms with Crippen molar-refractivity contribution in [2.45, 2.75) is 0 Å². The van der Waals surface area contributed by atoms with Crippen LogP contribution in [-0.4, -0.2) is 33.1 Å². The summed E-state index contributed by atoms with van der Waals surface area (Å²) >= 11 is 6.05. The Labute approximate surface area is 194 Å². The zero-order valence-corrected chi connectivity index (χ0v) is 19.2. The molecule has 2 aromatic heterocycles. The lowest BCUT2D eigenvalue weighted by atomic mass is 10.1. The fourth-order valence-electron chi connectivity index (χ4n) is 3.77. The van der Waals surface area contributed by atoms with Gasteiger partial charge in [0.25, 0.3) is 0 Å². The van der Waals surface area contributed by atoms with E-state index in [1.165, 1.54) is 36.5 Å². The number of nitrogens with zero attached hydrogens (tertiary/aromatic N) is 4. The van der Waals surface area contributed by atoms with Crippen molar-refractivity contribution < 1.29 is 21.2 Å². The molecule has 0 saturated carbocycles. The highest BCUT2D eigenvalue weighted by Gasteiger charge is 2.47. The van der Waals surface area contributed by atoms with Crippen molar-refractivity contribution in [1.82, 2.24) is 9.97 Å². The average molecular weight is 505 g/mol. The van der Waals surface area contributed by atoms with Gasteiger partial charge in [-0.05, 0) is 36.4 Å². The van der Waals surface area contributed by atoms with Gasteiger partial charge in [0.1, 0.15) is 11.5 Å². The van der Waals surface area contributed by atoms with Crippen molar-refractivity contribution in [1.29, 1.82) is 0 Å². The Morgan fingerprint density at radius 3 is 2.52 bits per heavy atom. The van der Waals surface area contributed by atoms with Gasteiger partial charge in [0.05, 0.1) is 35.0 Å². The summed E-state index contributed by atoms with van der Waals surface area (Å²) in [6, 6.07) is 13.4. The van der Waals surface area contributed by atoms with Gasteiger partial charge in [-0.15, -0.1) is 3.71 Å². The quantitative estimate of drug-likeness (QED) is 0.413. The number of benzene rings is 2. The molecular weight excluding hydrogens is 491 g/mol. The number of pyridine rings is 2. The van der Waals surface area contributed by atoms with Crippen LogP contribution in [0.2, 0.25) is 5.02 Å². The Bertz CT molecular complexity index is 1660. The predicted octanol–water partition coefficient (Wildman–Crippen LogP) is 4.25. The highest BCUT2D eigenvalue weighted by atomic mass is 35.5. The van der Waals surface area contributed by atoms with E-state index in [1.54, 1.807) is 24.3 Å². The lowest BCUT2D eigenvalue weighted by molar-refractivity contribution is 0.589. The van der Waals surface area contributed by atoms with Gasteiger partial charge in [-0.1, -0.05) is 29.8 Å². The molecule has 8 nitrogen and oxygen atoms in total. The van der Waals surface area contributed by atoms with Crippen LogP contribution in [0.25, 0.3) is 22.2 Å². The molecule has 0 unspecified atom stereocenters. The first-order valence-corrected chi connectivity index (χ1v) is 13.1. The number of para-hydroxylation sites is 1. The van der Waals surface area contributed by atoms with E-state index in [0.717, 1.165) is 16.8 Å². The summed E-state index contributed by atoms with van der Waals surface area (Å²) in [5.74, 6) is -0.597. The minimum atomic E-state index is -4.62. The summed E-state index contributed by atoms with van der Waals surface area (Å²) in [7, 11) is -8.84. The van der Waals surface area contributed by atoms with E-state index in [1.807, 2.05) is 0 Å². The zero-order valence-electron chi connectivity index (χ0n) is 16.8. The van der Waals surface area contributed by atoms with Crippen molar-refractivity contribution in [3.8, 4) is 11.3 Å². The number of hydrogen-bond donors (Lipinski definition) is 0. The second kappa shape index (κ2) is 7.37. The minimum absolute atomic E-state index is 0.0704. The Balaban J connectivity index is 1.86. The molecule has 0 amide bonds. The number of rotatable bonds is 3. The summed E-state index contributed by atoms with van der Waals surface area (Å²) in [5.41, 5.74) is 0.663. The molecule has 3 heterocycles. The second-order valence-electron chi connectivity index (χ2n) is 7.26. The van der Waals surface area contributed by atoms with Gasteiger partial charge >= 0.3 is 10.2 Å². The number of aromatic nitrogens is 2. The summed E-state index contributed by atoms with van der Waals surface area (Å²) < 4.78 is 67.8. The number of sulfonamides is 1. The number of fused-ring (bicyclic) bond motifs is 2. The van der Waals surface area contributed by atoms with Crippen LogP contribution in [-0.2, 0) is 20.2 Å². The maximum atomic E-state index is 14.6. The molecule has 12 heteroatoms. The Morgan fingerprint density at radius 2 is 1.76 bits per heavy atom. The van der Waals surface area contributed by atoms with Gasteiger partial charge in [-0.2, -0.15) is 8.42 Å². The smallest absolute Gasteiger partial charge is 0.262 e. The molecule has 2 aromatic carbocycles. The van der Waals surface area contributed by atoms with Crippen molar-refractivity contribution in [3.05, 3.63) is 77.8 Å². The SMILES string of the molecule is CS(=O)(=O)N1c2cnccc2N(c2cc(-c3cc(Cl)ccc3F)nc3ccccc23)S1(=O)=O. The fourth-order valence-corrected chi connectivity index (χ4v) is 7.35. The fraction of sp³-hybridized carbons (Fsp3) is 0.0476. The van der Waals surface area contributed by atoms with Crippen molar-refractivity contribution in [3.63, 3.8) is 0 Å². The van der Waals surface area contributed by atoms with E-state index in [4.69, 9.17) is 11.6 Å². The molecule has 0 radical (unpaired) electrons. The molecule has 1 aliphatic heterocycles. The Kier molecular flexibility index (Phi) is 4.82. The molecule has 1 aliphatic rings. The molecule has 33 heavy (non-hydrogen) atoms. The van der Waals surface area contributed by atoms with Crippen LogP contribution in [0.3, 0.4) is 0 Å². The number of hydrogen-bond acceptors (Lipinski definition) is 6. The first-order chi connectivity index (χ1) is 15.6. The predicted molar refractivity (Wildman–Crippen MR) is 125 cm³/mol. The third kappa shape index (κ3) is 3.39. The summed E-state index contributed by atoms with van der Waals surface area (Å²) in [4.78, 5) is 8.38. The van der Waals surface area contributed by atoms with Crippen LogP contribution in [0.15, 0.2) is 67.0 Å². The molecule has 0 spiro atoms. The highest BCUT2D eigenvalue weighted by molar-refractivity contribution is 8.11. The first-order valence-electron chi connectivity index (χ1n) is 9.44. The van der Waals surface area contributed by atoms with Gasteiger partial charge < -0.3 is 0 Å². The van der Waals surface area contributed by atoms with E-state index in [0.29, 0.717) is 14.6 Å². The van der Waals surface area contributed by atoms with Gasteiger partial charge in [0.2, 0.25) is 10.0 Å². The molecule has 0 saturated heterocycles. The topological polar surface area (TPSA) is 101 Å². The first kappa shape index (κ1) is 21.6. The van der Waals surface area contributed by atoms with E-state index in [9.17, 15) is 21.2 Å². The van der Waals surface area contributed by atoms with Gasteiger partial charge in [-0.3, -0.25) is 4.98 Å². The van der Waals surface area contributed by atoms with Gasteiger partial charge in [-0.25, -0.2) is 22.1 Å². The second-order valence-corrected chi connectivity index (χ2v) is 11.4. The molecule has 0 atom stereocenters. The third-order valence-electron chi connectivity index (χ3n) is 5.05. The molecular formula is C21H14ClFN4O4S2. The lowest BCUT2D eigenvalue weighted by Crippen LogP contribution is -2.39. The number of halogens is 2. The highest BCUT2D eigenvalue weighted by Crippen LogP contribution is 2.48. The number of anilines is 3. The summed E-state index contributed by atoms with van der Waals surface area (Å²) in [5, 5.41) is 0.696. The molecule has 4 aromatic rings. The van der Waals surface area contributed by atoms with Crippen LogP contribution in [0, 0.1) is 5.82 Å². The van der Waals surface area contributed by atoms with Crippen molar-refractivity contribution in [2.75, 3.05) is 14.3 Å². The normalized spacial score (nSPS) is 15.1. The van der Waals surface area contributed by atoms with Crippen molar-refractivity contribution >= 4 is 59.8 Å². The van der Waals surface area contributed by atoms with Crippen molar-refractivity contribution in [2.24, 2.45) is 0 Å². The summed E-state index contributed by atoms with van der Waals surface area (Å²) in [6.07, 6.45) is 3.31. The van der Waals surface area contributed by atoms with Gasteiger partial charge in [0, 0.05) is 22.2 Å². The largest absolute Gasteiger partial charge is 0.344 e. The molecule has 0 bridgehead atoms. The maximum Gasteiger partial charge on any atom is 0.344 e.